The van der Waals surface area contributed by atoms with E-state index in [0.29, 0.717) is 18.2 Å². The van der Waals surface area contributed by atoms with E-state index in [1.807, 2.05) is 11.0 Å². The molecule has 2 rings (SSSR count). The van der Waals surface area contributed by atoms with E-state index in [1.165, 1.54) is 0 Å². The van der Waals surface area contributed by atoms with Crippen LogP contribution in [0.25, 0.3) is 0 Å². The average Bonchev–Trinajstić information content (AvgIpc) is 2.32. The number of hydrogen-bond acceptors (Lipinski definition) is 4. The summed E-state index contributed by atoms with van der Waals surface area (Å²) < 4.78 is 0. The number of nitrogens with two attached hydrogens (primary N) is 1. The van der Waals surface area contributed by atoms with Gasteiger partial charge in [0.2, 0.25) is 0 Å². The van der Waals surface area contributed by atoms with E-state index in [9.17, 15) is 10.1 Å². The van der Waals surface area contributed by atoms with Gasteiger partial charge in [-0.3, -0.25) is 10.1 Å². The first-order valence-electron chi connectivity index (χ1n) is 5.83. The minimum absolute atomic E-state index is 0.0866. The van der Waals surface area contributed by atoms with Gasteiger partial charge in [-0.2, -0.15) is 0 Å². The second-order valence-corrected chi connectivity index (χ2v) is 4.62. The maximum atomic E-state index is 11.0. The normalized spacial score (nSPS) is 24.7. The zero-order valence-electron chi connectivity index (χ0n) is 9.87. The standard InChI is InChI=1S/C12H17N3O2/c1-9-6-7-14(8-10(9)13)11-4-2-3-5-12(11)15(16)17/h2-5,9-10H,6-8,13H2,1H3. The van der Waals surface area contributed by atoms with Gasteiger partial charge in [-0.1, -0.05) is 19.1 Å². The van der Waals surface area contributed by atoms with E-state index in [0.717, 1.165) is 13.0 Å². The molecule has 0 aliphatic carbocycles. The van der Waals surface area contributed by atoms with Gasteiger partial charge in [-0.25, -0.2) is 0 Å². The van der Waals surface area contributed by atoms with Crippen LogP contribution >= 0.6 is 0 Å². The molecule has 2 atom stereocenters. The molecular formula is C12H17N3O2. The number of nitrogens with zero attached hydrogens (tertiary/aromatic N) is 2. The molecule has 2 N–H and O–H groups in total. The van der Waals surface area contributed by atoms with Crippen molar-refractivity contribution in [3.05, 3.63) is 34.4 Å². The highest BCUT2D eigenvalue weighted by Crippen LogP contribution is 2.30. The molecule has 1 aromatic rings. The van der Waals surface area contributed by atoms with Gasteiger partial charge in [0.05, 0.1) is 4.92 Å². The zero-order chi connectivity index (χ0) is 12.4. The Morgan fingerprint density at radius 3 is 2.82 bits per heavy atom. The zero-order valence-corrected chi connectivity index (χ0v) is 9.87. The van der Waals surface area contributed by atoms with Crippen LogP contribution in [0.15, 0.2) is 24.3 Å². The number of rotatable bonds is 2. The smallest absolute Gasteiger partial charge is 0.292 e. The molecule has 92 valence electrons. The van der Waals surface area contributed by atoms with E-state index in [-0.39, 0.29) is 16.7 Å². The number of nitro benzene ring substituents is 1. The number of nitro groups is 1. The molecule has 0 spiro atoms. The van der Waals surface area contributed by atoms with Gasteiger partial charge in [0.25, 0.3) is 5.69 Å². The van der Waals surface area contributed by atoms with Crippen molar-refractivity contribution in [2.24, 2.45) is 11.7 Å². The largest absolute Gasteiger partial charge is 0.364 e. The Labute approximate surface area is 100 Å². The third kappa shape index (κ3) is 2.39. The maximum absolute atomic E-state index is 11.0. The summed E-state index contributed by atoms with van der Waals surface area (Å²) in [5.74, 6) is 0.481. The number of benzene rings is 1. The Morgan fingerprint density at radius 1 is 1.47 bits per heavy atom. The van der Waals surface area contributed by atoms with Crippen LogP contribution in [0, 0.1) is 16.0 Å². The summed E-state index contributed by atoms with van der Waals surface area (Å²) >= 11 is 0. The first-order chi connectivity index (χ1) is 8.09. The van der Waals surface area contributed by atoms with Crippen molar-refractivity contribution in [3.8, 4) is 0 Å². The molecular weight excluding hydrogens is 218 g/mol. The third-order valence-electron chi connectivity index (χ3n) is 3.44. The highest BCUT2D eigenvalue weighted by atomic mass is 16.6. The van der Waals surface area contributed by atoms with Crippen LogP contribution in [-0.2, 0) is 0 Å². The minimum atomic E-state index is -0.334. The van der Waals surface area contributed by atoms with Crippen LogP contribution in [0.2, 0.25) is 0 Å². The SMILES string of the molecule is CC1CCN(c2ccccc2[N+](=O)[O-])CC1N. The van der Waals surface area contributed by atoms with Crippen molar-refractivity contribution in [3.63, 3.8) is 0 Å². The summed E-state index contributed by atoms with van der Waals surface area (Å²) in [6.07, 6.45) is 0.979. The Hall–Kier alpha value is -1.62. The molecule has 1 heterocycles. The van der Waals surface area contributed by atoms with E-state index >= 15 is 0 Å². The average molecular weight is 235 g/mol. The van der Waals surface area contributed by atoms with E-state index in [2.05, 4.69) is 6.92 Å². The number of anilines is 1. The fourth-order valence-corrected chi connectivity index (χ4v) is 2.20. The van der Waals surface area contributed by atoms with Crippen molar-refractivity contribution in [2.45, 2.75) is 19.4 Å². The fourth-order valence-electron chi connectivity index (χ4n) is 2.20. The number of piperidine rings is 1. The summed E-state index contributed by atoms with van der Waals surface area (Å²) in [5, 5.41) is 11.0. The van der Waals surface area contributed by atoms with E-state index < -0.39 is 0 Å². The molecule has 1 aliphatic heterocycles. The first-order valence-corrected chi connectivity index (χ1v) is 5.83. The summed E-state index contributed by atoms with van der Waals surface area (Å²) in [6.45, 7) is 3.65. The summed E-state index contributed by atoms with van der Waals surface area (Å²) in [6, 6.07) is 6.93. The Balaban J connectivity index is 2.25. The Bertz CT molecular complexity index is 422. The topological polar surface area (TPSA) is 72.4 Å². The lowest BCUT2D eigenvalue weighted by atomic mass is 9.94. The molecule has 17 heavy (non-hydrogen) atoms. The molecule has 0 amide bonds. The first kappa shape index (κ1) is 11.9. The third-order valence-corrected chi connectivity index (χ3v) is 3.44. The van der Waals surface area contributed by atoms with Crippen molar-refractivity contribution in [1.82, 2.24) is 0 Å². The van der Waals surface area contributed by atoms with Gasteiger partial charge >= 0.3 is 0 Å². The molecule has 0 aromatic heterocycles. The lowest BCUT2D eigenvalue weighted by Crippen LogP contribution is -2.47. The van der Waals surface area contributed by atoms with Gasteiger partial charge in [0.1, 0.15) is 5.69 Å². The lowest BCUT2D eigenvalue weighted by Gasteiger charge is -2.36. The van der Waals surface area contributed by atoms with Crippen molar-refractivity contribution in [2.75, 3.05) is 18.0 Å². The van der Waals surface area contributed by atoms with E-state index in [4.69, 9.17) is 5.73 Å². The maximum Gasteiger partial charge on any atom is 0.292 e. The molecule has 0 bridgehead atoms. The minimum Gasteiger partial charge on any atom is -0.364 e. The molecule has 1 fully saturated rings. The molecule has 1 aliphatic rings. The van der Waals surface area contributed by atoms with Crippen LogP contribution in [0.1, 0.15) is 13.3 Å². The van der Waals surface area contributed by atoms with Crippen LogP contribution in [0.4, 0.5) is 11.4 Å². The van der Waals surface area contributed by atoms with Crippen molar-refractivity contribution < 1.29 is 4.92 Å². The number of para-hydroxylation sites is 2. The molecule has 5 nitrogen and oxygen atoms in total. The predicted octanol–water partition coefficient (Wildman–Crippen LogP) is 1.77. The van der Waals surface area contributed by atoms with Crippen molar-refractivity contribution >= 4 is 11.4 Å². The molecule has 0 radical (unpaired) electrons. The van der Waals surface area contributed by atoms with Gasteiger partial charge in [0, 0.05) is 25.2 Å². The van der Waals surface area contributed by atoms with Crippen LogP contribution < -0.4 is 10.6 Å². The number of hydrogen-bond donors (Lipinski definition) is 1. The van der Waals surface area contributed by atoms with Gasteiger partial charge in [0.15, 0.2) is 0 Å². The predicted molar refractivity (Wildman–Crippen MR) is 67.1 cm³/mol. The second kappa shape index (κ2) is 4.71. The highest BCUT2D eigenvalue weighted by molar-refractivity contribution is 5.63. The van der Waals surface area contributed by atoms with Crippen LogP contribution in [-0.4, -0.2) is 24.1 Å². The van der Waals surface area contributed by atoms with Gasteiger partial charge < -0.3 is 10.6 Å². The summed E-state index contributed by atoms with van der Waals surface area (Å²) in [4.78, 5) is 12.6. The quantitative estimate of drug-likeness (QED) is 0.626. The lowest BCUT2D eigenvalue weighted by molar-refractivity contribution is -0.384. The van der Waals surface area contributed by atoms with Crippen LogP contribution in [0.5, 0.6) is 0 Å². The molecule has 1 saturated heterocycles. The van der Waals surface area contributed by atoms with Crippen molar-refractivity contribution in [1.29, 1.82) is 0 Å². The molecule has 1 aromatic carbocycles. The summed E-state index contributed by atoms with van der Waals surface area (Å²) in [7, 11) is 0. The Kier molecular flexibility index (Phi) is 3.28. The van der Waals surface area contributed by atoms with Crippen LogP contribution in [0.3, 0.4) is 0 Å². The summed E-state index contributed by atoms with van der Waals surface area (Å²) in [5.41, 5.74) is 6.86. The molecule has 5 heteroatoms. The molecule has 2 unspecified atom stereocenters. The fraction of sp³-hybridized carbons (Fsp3) is 0.500. The Morgan fingerprint density at radius 2 is 2.18 bits per heavy atom. The van der Waals surface area contributed by atoms with E-state index in [1.54, 1.807) is 18.2 Å². The van der Waals surface area contributed by atoms with Gasteiger partial charge in [-0.15, -0.1) is 0 Å². The van der Waals surface area contributed by atoms with Gasteiger partial charge in [-0.05, 0) is 18.4 Å². The highest BCUT2D eigenvalue weighted by Gasteiger charge is 2.26. The second-order valence-electron chi connectivity index (χ2n) is 4.62. The molecule has 0 saturated carbocycles. The monoisotopic (exact) mass is 235 g/mol.